The molecule has 5 heteroatoms. The molecule has 0 heterocycles. The maximum absolute atomic E-state index is 13.6. The van der Waals surface area contributed by atoms with E-state index < -0.39 is 22.8 Å². The number of benzene rings is 2. The van der Waals surface area contributed by atoms with Crippen molar-refractivity contribution in [3.63, 3.8) is 0 Å². The Balaban J connectivity index is 1.72. The number of hydrogen-bond donors (Lipinski definition) is 0. The molecule has 0 spiro atoms. The monoisotopic (exact) mass is 404 g/mol. The highest BCUT2D eigenvalue weighted by Crippen LogP contribution is 2.75. The van der Waals surface area contributed by atoms with Crippen molar-refractivity contribution < 1.29 is 23.9 Å². The van der Waals surface area contributed by atoms with Crippen LogP contribution in [0.3, 0.4) is 0 Å². The Kier molecular flexibility index (Phi) is 5.06. The van der Waals surface area contributed by atoms with E-state index >= 15 is 0 Å². The number of esters is 2. The van der Waals surface area contributed by atoms with Crippen LogP contribution in [0.25, 0.3) is 6.08 Å². The summed E-state index contributed by atoms with van der Waals surface area (Å²) in [5, 5.41) is 0. The van der Waals surface area contributed by atoms with Gasteiger partial charge in [0.15, 0.2) is 11.2 Å². The van der Waals surface area contributed by atoms with Gasteiger partial charge in [0.25, 0.3) is 0 Å². The average molecular weight is 404 g/mol. The average Bonchev–Trinajstić information content (AvgIpc) is 3.23. The lowest BCUT2D eigenvalue weighted by Crippen LogP contribution is -2.42. The van der Waals surface area contributed by atoms with Crippen molar-refractivity contribution in [1.29, 1.82) is 0 Å². The number of methoxy groups -OCH3 is 2. The number of fused-ring (bicyclic) bond motifs is 1. The predicted octanol–water partition coefficient (Wildman–Crippen LogP) is 3.94. The number of allylic oxidation sites excluding steroid dienone is 1. The van der Waals surface area contributed by atoms with Gasteiger partial charge >= 0.3 is 11.9 Å². The molecule has 0 unspecified atom stereocenters. The van der Waals surface area contributed by atoms with E-state index in [1.807, 2.05) is 60.7 Å². The molecule has 3 atom stereocenters. The first kappa shape index (κ1) is 20.1. The van der Waals surface area contributed by atoms with E-state index in [4.69, 9.17) is 9.47 Å². The molecule has 2 aliphatic rings. The van der Waals surface area contributed by atoms with Gasteiger partial charge in [0.05, 0.1) is 14.2 Å². The third-order valence-electron chi connectivity index (χ3n) is 6.65. The van der Waals surface area contributed by atoms with Crippen LogP contribution >= 0.6 is 0 Å². The number of ketones is 1. The van der Waals surface area contributed by atoms with Gasteiger partial charge in [0.1, 0.15) is 0 Å². The molecule has 0 aliphatic heterocycles. The second-order valence-corrected chi connectivity index (χ2v) is 8.08. The van der Waals surface area contributed by atoms with Gasteiger partial charge in [-0.25, -0.2) is 0 Å². The van der Waals surface area contributed by atoms with Gasteiger partial charge in [-0.3, -0.25) is 14.4 Å². The molecule has 2 saturated carbocycles. The lowest BCUT2D eigenvalue weighted by molar-refractivity contribution is -0.169. The first-order valence-electron chi connectivity index (χ1n) is 9.99. The summed E-state index contributed by atoms with van der Waals surface area (Å²) in [6.07, 6.45) is 4.39. The summed E-state index contributed by atoms with van der Waals surface area (Å²) >= 11 is 0. The molecular weight excluding hydrogens is 380 g/mol. The van der Waals surface area contributed by atoms with Gasteiger partial charge in [-0.15, -0.1) is 0 Å². The zero-order valence-electron chi connectivity index (χ0n) is 17.0. The second kappa shape index (κ2) is 7.56. The van der Waals surface area contributed by atoms with Gasteiger partial charge in [-0.2, -0.15) is 0 Å². The van der Waals surface area contributed by atoms with Crippen molar-refractivity contribution in [2.45, 2.75) is 12.8 Å². The maximum Gasteiger partial charge on any atom is 0.323 e. The molecule has 154 valence electrons. The number of carbonyl (C=O) groups is 3. The molecule has 0 radical (unpaired) electrons. The summed E-state index contributed by atoms with van der Waals surface area (Å²) in [5.74, 6) is -1.47. The standard InChI is InChI=1S/C25H24O5/c1-29-22(27)24(23(28)30-2)15-20-19(14-13-17-9-5-3-6-10-17)25(20,16-24)21(26)18-11-7-4-8-12-18/h3-14,19-20H,15-16H2,1-2H3/b14-13+/t19-,20-,25-/m1/s1. The Labute approximate surface area is 175 Å². The highest BCUT2D eigenvalue weighted by Gasteiger charge is 2.79. The highest BCUT2D eigenvalue weighted by molar-refractivity contribution is 6.08. The minimum Gasteiger partial charge on any atom is -0.468 e. The molecule has 5 nitrogen and oxygen atoms in total. The Hall–Kier alpha value is -3.21. The molecule has 2 aromatic rings. The van der Waals surface area contributed by atoms with Gasteiger partial charge in [-0.1, -0.05) is 72.8 Å². The van der Waals surface area contributed by atoms with Crippen molar-refractivity contribution in [3.8, 4) is 0 Å². The quantitative estimate of drug-likeness (QED) is 0.414. The van der Waals surface area contributed by atoms with Gasteiger partial charge in [0.2, 0.25) is 0 Å². The largest absolute Gasteiger partial charge is 0.468 e. The molecule has 2 aromatic carbocycles. The van der Waals surface area contributed by atoms with Gasteiger partial charge in [0, 0.05) is 11.0 Å². The number of rotatable bonds is 6. The van der Waals surface area contributed by atoms with Crippen molar-refractivity contribution >= 4 is 23.8 Å². The SMILES string of the molecule is COC(=O)C1(C(=O)OC)C[C@@H]2[C@@H](/C=C/c3ccccc3)[C@]2(C(=O)c2ccccc2)C1. The summed E-state index contributed by atoms with van der Waals surface area (Å²) in [6.45, 7) is 0. The fraction of sp³-hybridized carbons (Fsp3) is 0.320. The molecule has 2 aliphatic carbocycles. The van der Waals surface area contributed by atoms with Crippen LogP contribution in [-0.2, 0) is 19.1 Å². The van der Waals surface area contributed by atoms with Crippen molar-refractivity contribution in [2.75, 3.05) is 14.2 Å². The van der Waals surface area contributed by atoms with Crippen molar-refractivity contribution in [3.05, 3.63) is 77.9 Å². The Bertz CT molecular complexity index is 979. The minimum atomic E-state index is -1.43. The molecule has 0 amide bonds. The zero-order chi connectivity index (χ0) is 21.4. The van der Waals surface area contributed by atoms with Gasteiger partial charge in [-0.05, 0) is 30.2 Å². The molecular formula is C25H24O5. The molecule has 0 N–H and O–H groups in total. The molecule has 4 rings (SSSR count). The van der Waals surface area contributed by atoms with Crippen LogP contribution in [0.5, 0.6) is 0 Å². The third-order valence-corrected chi connectivity index (χ3v) is 6.65. The molecule has 0 bridgehead atoms. The highest BCUT2D eigenvalue weighted by atomic mass is 16.5. The van der Waals surface area contributed by atoms with E-state index in [-0.39, 0.29) is 30.5 Å². The van der Waals surface area contributed by atoms with Gasteiger partial charge < -0.3 is 9.47 Å². The molecule has 0 aromatic heterocycles. The number of carbonyl (C=O) groups excluding carboxylic acids is 3. The number of hydrogen-bond acceptors (Lipinski definition) is 5. The van der Waals surface area contributed by atoms with Crippen LogP contribution in [0, 0.1) is 22.7 Å². The smallest absolute Gasteiger partial charge is 0.323 e. The van der Waals surface area contributed by atoms with Crippen LogP contribution in [0.15, 0.2) is 66.7 Å². The van der Waals surface area contributed by atoms with E-state index in [0.717, 1.165) is 5.56 Å². The Morgan fingerprint density at radius 1 is 0.900 bits per heavy atom. The van der Waals surface area contributed by atoms with E-state index in [0.29, 0.717) is 5.56 Å². The topological polar surface area (TPSA) is 69.7 Å². The van der Waals surface area contributed by atoms with E-state index in [1.165, 1.54) is 14.2 Å². The van der Waals surface area contributed by atoms with E-state index in [9.17, 15) is 14.4 Å². The third kappa shape index (κ3) is 2.96. The van der Waals surface area contributed by atoms with Crippen molar-refractivity contribution in [1.82, 2.24) is 0 Å². The first-order valence-corrected chi connectivity index (χ1v) is 9.99. The summed E-state index contributed by atoms with van der Waals surface area (Å²) in [7, 11) is 2.52. The molecule has 2 fully saturated rings. The summed E-state index contributed by atoms with van der Waals surface area (Å²) in [6, 6.07) is 18.9. The van der Waals surface area contributed by atoms with E-state index in [1.54, 1.807) is 12.1 Å². The van der Waals surface area contributed by atoms with E-state index in [2.05, 4.69) is 0 Å². The van der Waals surface area contributed by atoms with Crippen LogP contribution in [0.1, 0.15) is 28.8 Å². The second-order valence-electron chi connectivity index (χ2n) is 8.08. The first-order chi connectivity index (χ1) is 14.5. The van der Waals surface area contributed by atoms with Crippen LogP contribution in [0.2, 0.25) is 0 Å². The van der Waals surface area contributed by atoms with Crippen LogP contribution in [0.4, 0.5) is 0 Å². The van der Waals surface area contributed by atoms with Crippen molar-refractivity contribution in [2.24, 2.45) is 22.7 Å². The summed E-state index contributed by atoms with van der Waals surface area (Å²) in [5.41, 5.74) is -0.620. The minimum absolute atomic E-state index is 0.0366. The lowest BCUT2D eigenvalue weighted by Gasteiger charge is -2.27. The number of Topliss-reactive ketones (excluding diaryl/α,β-unsaturated/α-hetero) is 1. The van der Waals surface area contributed by atoms with Crippen LogP contribution in [-0.4, -0.2) is 31.9 Å². The summed E-state index contributed by atoms with van der Waals surface area (Å²) in [4.78, 5) is 38.9. The maximum atomic E-state index is 13.6. The molecule has 30 heavy (non-hydrogen) atoms. The normalized spacial score (nSPS) is 26.1. The zero-order valence-corrected chi connectivity index (χ0v) is 17.0. The van der Waals surface area contributed by atoms with Crippen LogP contribution < -0.4 is 0 Å². The Morgan fingerprint density at radius 3 is 2.03 bits per heavy atom. The fourth-order valence-corrected chi connectivity index (χ4v) is 5.18. The summed E-state index contributed by atoms with van der Waals surface area (Å²) < 4.78 is 9.91. The fourth-order valence-electron chi connectivity index (χ4n) is 5.18. The lowest BCUT2D eigenvalue weighted by atomic mass is 9.76. The molecule has 0 saturated heterocycles. The number of ether oxygens (including phenoxy) is 2. The Morgan fingerprint density at radius 2 is 1.47 bits per heavy atom. The predicted molar refractivity (Wildman–Crippen MR) is 111 cm³/mol.